The molecule has 0 radical (unpaired) electrons. The molecule has 3 nitrogen and oxygen atoms in total. The van der Waals surface area contributed by atoms with Crippen LogP contribution < -0.4 is 5.32 Å². The fourth-order valence-electron chi connectivity index (χ4n) is 1.38. The summed E-state index contributed by atoms with van der Waals surface area (Å²) in [6, 6.07) is -0.359. The number of hydrogen-bond donors (Lipinski definition) is 1. The first-order valence-corrected chi connectivity index (χ1v) is 6.58. The molecule has 1 amide bonds. The second-order valence-corrected chi connectivity index (χ2v) is 5.66. The summed E-state index contributed by atoms with van der Waals surface area (Å²) in [5, 5.41) is 2.80. The van der Waals surface area contributed by atoms with Crippen molar-refractivity contribution in [3.8, 4) is 0 Å². The molecule has 0 saturated heterocycles. The molecular formula is C14H27NO2. The summed E-state index contributed by atoms with van der Waals surface area (Å²) in [4.78, 5) is 23.5. The van der Waals surface area contributed by atoms with Gasteiger partial charge in [0.15, 0.2) is 5.78 Å². The zero-order chi connectivity index (χ0) is 13.6. The molecule has 0 fully saturated rings. The van der Waals surface area contributed by atoms with Gasteiger partial charge in [-0.1, -0.05) is 34.6 Å². The van der Waals surface area contributed by atoms with E-state index in [0.717, 1.165) is 6.42 Å². The molecule has 0 heterocycles. The minimum absolute atomic E-state index is 0.0228. The summed E-state index contributed by atoms with van der Waals surface area (Å²) >= 11 is 0. The molecule has 0 saturated carbocycles. The smallest absolute Gasteiger partial charge is 0.223 e. The van der Waals surface area contributed by atoms with Crippen molar-refractivity contribution in [1.29, 1.82) is 0 Å². The molecule has 0 aliphatic heterocycles. The van der Waals surface area contributed by atoms with Crippen LogP contribution in [0.1, 0.15) is 54.4 Å². The molecule has 0 spiro atoms. The molecule has 1 N–H and O–H groups in total. The minimum atomic E-state index is -0.359. The number of carbonyl (C=O) groups is 2. The van der Waals surface area contributed by atoms with Crippen molar-refractivity contribution < 1.29 is 9.59 Å². The van der Waals surface area contributed by atoms with Gasteiger partial charge in [-0.05, 0) is 25.2 Å². The Bertz CT molecular complexity index is 259. The van der Waals surface area contributed by atoms with E-state index in [2.05, 4.69) is 19.2 Å². The van der Waals surface area contributed by atoms with Crippen LogP contribution in [-0.2, 0) is 9.59 Å². The predicted molar refractivity (Wildman–Crippen MR) is 70.7 cm³/mol. The van der Waals surface area contributed by atoms with Crippen LogP contribution in [-0.4, -0.2) is 17.7 Å². The Morgan fingerprint density at radius 3 is 1.94 bits per heavy atom. The number of nitrogens with one attached hydrogen (secondary N) is 1. The molecule has 100 valence electrons. The maximum Gasteiger partial charge on any atom is 0.223 e. The van der Waals surface area contributed by atoms with Gasteiger partial charge in [0.05, 0.1) is 6.04 Å². The fourth-order valence-corrected chi connectivity index (χ4v) is 1.38. The number of amides is 1. The number of Topliss-reactive ketones (excluding diaryl/α,β-unsaturated/α-hetero) is 1. The standard InChI is InChI=1S/C14H27NO2/c1-9(2)7-8-13(16)12(6)15-14(17)11(5)10(3)4/h9-12H,7-8H2,1-6H3,(H,15,17)/t11-,12-/m0/s1. The van der Waals surface area contributed by atoms with Crippen LogP contribution in [0.4, 0.5) is 0 Å². The molecule has 0 rings (SSSR count). The predicted octanol–water partition coefficient (Wildman–Crippen LogP) is 2.79. The van der Waals surface area contributed by atoms with Gasteiger partial charge in [-0.25, -0.2) is 0 Å². The molecular weight excluding hydrogens is 214 g/mol. The third-order valence-corrected chi connectivity index (χ3v) is 3.22. The van der Waals surface area contributed by atoms with Crippen molar-refractivity contribution in [3.63, 3.8) is 0 Å². The summed E-state index contributed by atoms with van der Waals surface area (Å²) < 4.78 is 0. The highest BCUT2D eigenvalue weighted by Crippen LogP contribution is 2.10. The van der Waals surface area contributed by atoms with Gasteiger partial charge in [0.2, 0.25) is 5.91 Å². The normalized spacial score (nSPS) is 14.8. The van der Waals surface area contributed by atoms with Gasteiger partial charge >= 0.3 is 0 Å². The van der Waals surface area contributed by atoms with Crippen LogP contribution in [0.3, 0.4) is 0 Å². The molecule has 0 aliphatic carbocycles. The fraction of sp³-hybridized carbons (Fsp3) is 0.857. The van der Waals surface area contributed by atoms with Crippen molar-refractivity contribution in [1.82, 2.24) is 5.32 Å². The molecule has 0 aromatic rings. The van der Waals surface area contributed by atoms with Crippen molar-refractivity contribution in [2.24, 2.45) is 17.8 Å². The topological polar surface area (TPSA) is 46.2 Å². The molecule has 0 aromatic carbocycles. The zero-order valence-electron chi connectivity index (χ0n) is 12.0. The van der Waals surface area contributed by atoms with Crippen LogP contribution in [0, 0.1) is 17.8 Å². The van der Waals surface area contributed by atoms with Crippen LogP contribution >= 0.6 is 0 Å². The Balaban J connectivity index is 4.11. The SMILES string of the molecule is CC(C)CCC(=O)[C@H](C)NC(=O)[C@@H](C)C(C)C. The first-order chi connectivity index (χ1) is 7.75. The third-order valence-electron chi connectivity index (χ3n) is 3.22. The van der Waals surface area contributed by atoms with Crippen LogP contribution in [0.25, 0.3) is 0 Å². The molecule has 3 heteroatoms. The number of rotatable bonds is 7. The summed E-state index contributed by atoms with van der Waals surface area (Å²) in [6.45, 7) is 11.9. The monoisotopic (exact) mass is 241 g/mol. The maximum absolute atomic E-state index is 11.8. The maximum atomic E-state index is 11.8. The van der Waals surface area contributed by atoms with Gasteiger partial charge in [0, 0.05) is 12.3 Å². The van der Waals surface area contributed by atoms with Crippen molar-refractivity contribution in [2.75, 3.05) is 0 Å². The lowest BCUT2D eigenvalue weighted by atomic mass is 9.96. The summed E-state index contributed by atoms with van der Waals surface area (Å²) in [5.74, 6) is 0.883. The number of ketones is 1. The van der Waals surface area contributed by atoms with Gasteiger partial charge in [-0.15, -0.1) is 0 Å². The van der Waals surface area contributed by atoms with E-state index in [1.54, 1.807) is 6.92 Å². The van der Waals surface area contributed by atoms with Crippen molar-refractivity contribution in [3.05, 3.63) is 0 Å². The lowest BCUT2D eigenvalue weighted by molar-refractivity contribution is -0.130. The van der Waals surface area contributed by atoms with E-state index in [9.17, 15) is 9.59 Å². The van der Waals surface area contributed by atoms with E-state index in [1.807, 2.05) is 20.8 Å². The van der Waals surface area contributed by atoms with Crippen molar-refractivity contribution in [2.45, 2.75) is 60.4 Å². The highest BCUT2D eigenvalue weighted by molar-refractivity contribution is 5.89. The van der Waals surface area contributed by atoms with Gasteiger partial charge in [0.1, 0.15) is 0 Å². The Kier molecular flexibility index (Phi) is 7.09. The Morgan fingerprint density at radius 1 is 1.00 bits per heavy atom. The Hall–Kier alpha value is -0.860. The summed E-state index contributed by atoms with van der Waals surface area (Å²) in [5.41, 5.74) is 0. The average Bonchev–Trinajstić information content (AvgIpc) is 2.24. The van der Waals surface area contributed by atoms with E-state index in [1.165, 1.54) is 0 Å². The van der Waals surface area contributed by atoms with E-state index in [0.29, 0.717) is 18.3 Å². The van der Waals surface area contributed by atoms with Gasteiger partial charge < -0.3 is 5.32 Å². The van der Waals surface area contributed by atoms with Crippen LogP contribution in [0.5, 0.6) is 0 Å². The lowest BCUT2D eigenvalue weighted by Crippen LogP contribution is -2.42. The van der Waals surface area contributed by atoms with Gasteiger partial charge in [0.25, 0.3) is 0 Å². The summed E-state index contributed by atoms with van der Waals surface area (Å²) in [6.07, 6.45) is 1.44. The molecule has 0 aliphatic rings. The number of carbonyl (C=O) groups excluding carboxylic acids is 2. The first-order valence-electron chi connectivity index (χ1n) is 6.58. The molecule has 0 aromatic heterocycles. The zero-order valence-corrected chi connectivity index (χ0v) is 12.0. The second kappa shape index (κ2) is 7.46. The third kappa shape index (κ3) is 6.44. The minimum Gasteiger partial charge on any atom is -0.346 e. The highest BCUT2D eigenvalue weighted by Gasteiger charge is 2.21. The van der Waals surface area contributed by atoms with E-state index >= 15 is 0 Å². The van der Waals surface area contributed by atoms with Crippen LogP contribution in [0.2, 0.25) is 0 Å². The highest BCUT2D eigenvalue weighted by atomic mass is 16.2. The van der Waals surface area contributed by atoms with Crippen molar-refractivity contribution >= 4 is 11.7 Å². The van der Waals surface area contributed by atoms with E-state index in [4.69, 9.17) is 0 Å². The Labute approximate surface area is 105 Å². The Morgan fingerprint density at radius 2 is 1.53 bits per heavy atom. The first kappa shape index (κ1) is 16.1. The van der Waals surface area contributed by atoms with E-state index < -0.39 is 0 Å². The number of hydrogen-bond acceptors (Lipinski definition) is 2. The second-order valence-electron chi connectivity index (χ2n) is 5.66. The average molecular weight is 241 g/mol. The largest absolute Gasteiger partial charge is 0.346 e. The van der Waals surface area contributed by atoms with Gasteiger partial charge in [-0.3, -0.25) is 9.59 Å². The quantitative estimate of drug-likeness (QED) is 0.745. The van der Waals surface area contributed by atoms with Crippen LogP contribution in [0.15, 0.2) is 0 Å². The summed E-state index contributed by atoms with van der Waals surface area (Å²) in [7, 11) is 0. The molecule has 2 atom stereocenters. The molecule has 0 unspecified atom stereocenters. The lowest BCUT2D eigenvalue weighted by Gasteiger charge is -2.19. The van der Waals surface area contributed by atoms with Gasteiger partial charge in [-0.2, -0.15) is 0 Å². The molecule has 0 bridgehead atoms. The van der Waals surface area contributed by atoms with E-state index in [-0.39, 0.29) is 23.7 Å². The molecule has 17 heavy (non-hydrogen) atoms.